The van der Waals surface area contributed by atoms with Gasteiger partial charge in [0.15, 0.2) is 5.75 Å². The van der Waals surface area contributed by atoms with Gasteiger partial charge in [-0.2, -0.15) is 0 Å². The maximum atomic E-state index is 5.72. The molecule has 0 spiro atoms. The third-order valence-corrected chi connectivity index (χ3v) is 5.39. The second-order valence-corrected chi connectivity index (χ2v) is 7.63. The molecule has 1 fully saturated rings. The minimum Gasteiger partial charge on any atom is -0.417 e. The van der Waals surface area contributed by atoms with Gasteiger partial charge in [-0.1, -0.05) is 23.8 Å². The fourth-order valence-corrected chi connectivity index (χ4v) is 3.59. The number of pyridine rings is 1. The lowest BCUT2D eigenvalue weighted by atomic mass is 10.2. The van der Waals surface area contributed by atoms with E-state index in [1.165, 1.54) is 23.2 Å². The molecule has 28 heavy (non-hydrogen) atoms. The van der Waals surface area contributed by atoms with E-state index in [-0.39, 0.29) is 0 Å². The number of nitrogens with zero attached hydrogens (tertiary/aromatic N) is 5. The first-order valence-electron chi connectivity index (χ1n) is 9.36. The van der Waals surface area contributed by atoms with Crippen LogP contribution in [0.1, 0.15) is 11.1 Å². The van der Waals surface area contributed by atoms with Crippen molar-refractivity contribution in [2.45, 2.75) is 18.4 Å². The number of aromatic nitrogens is 3. The molecule has 0 saturated carbocycles. The standard InChI is InChI=1S/C21H23N5OS/c1-17-4-6-20(7-5-17)28-27-19-14-23-21(24-15-19)26-11-9-25(10-12-26)16-18-3-2-8-22-13-18/h2-8,13-15H,9-12,16H2,1H3. The summed E-state index contributed by atoms with van der Waals surface area (Å²) >= 11 is 1.32. The molecule has 4 rings (SSSR count). The molecule has 0 radical (unpaired) electrons. The molecule has 3 aromatic rings. The molecule has 1 aromatic carbocycles. The van der Waals surface area contributed by atoms with E-state index in [9.17, 15) is 0 Å². The SMILES string of the molecule is Cc1ccc(SOc2cnc(N3CCN(Cc4cccnc4)CC3)nc2)cc1. The molecule has 7 heteroatoms. The maximum absolute atomic E-state index is 5.72. The predicted molar refractivity (Wildman–Crippen MR) is 111 cm³/mol. The van der Waals surface area contributed by atoms with Gasteiger partial charge in [0, 0.05) is 50.0 Å². The lowest BCUT2D eigenvalue weighted by molar-refractivity contribution is 0.248. The Balaban J connectivity index is 1.27. The highest BCUT2D eigenvalue weighted by molar-refractivity contribution is 7.95. The lowest BCUT2D eigenvalue weighted by Crippen LogP contribution is -2.46. The summed E-state index contributed by atoms with van der Waals surface area (Å²) in [4.78, 5) is 18.9. The number of piperazine rings is 1. The van der Waals surface area contributed by atoms with Crippen molar-refractivity contribution in [3.8, 4) is 5.75 Å². The average Bonchev–Trinajstić information content (AvgIpc) is 2.75. The van der Waals surface area contributed by atoms with Gasteiger partial charge in [-0.3, -0.25) is 9.88 Å². The van der Waals surface area contributed by atoms with Crippen LogP contribution in [-0.2, 0) is 6.54 Å². The van der Waals surface area contributed by atoms with Crippen molar-refractivity contribution in [2.75, 3.05) is 31.1 Å². The van der Waals surface area contributed by atoms with Crippen molar-refractivity contribution < 1.29 is 4.18 Å². The van der Waals surface area contributed by atoms with Crippen LogP contribution in [0.15, 0.2) is 66.1 Å². The first-order valence-corrected chi connectivity index (χ1v) is 10.1. The number of hydrogen-bond acceptors (Lipinski definition) is 7. The fourth-order valence-electron chi connectivity index (χ4n) is 3.06. The minimum atomic E-state index is 0.657. The van der Waals surface area contributed by atoms with Gasteiger partial charge in [-0.05, 0) is 30.7 Å². The highest BCUT2D eigenvalue weighted by Crippen LogP contribution is 2.23. The Kier molecular flexibility index (Phi) is 6.04. The third-order valence-electron chi connectivity index (χ3n) is 4.65. The molecule has 1 aliphatic rings. The summed E-state index contributed by atoms with van der Waals surface area (Å²) in [7, 11) is 0. The van der Waals surface area contributed by atoms with Crippen LogP contribution < -0.4 is 9.08 Å². The van der Waals surface area contributed by atoms with Gasteiger partial charge >= 0.3 is 0 Å². The molecule has 0 unspecified atom stereocenters. The summed E-state index contributed by atoms with van der Waals surface area (Å²) in [6.45, 7) is 6.81. The van der Waals surface area contributed by atoms with Crippen LogP contribution in [0.5, 0.6) is 5.75 Å². The maximum Gasteiger partial charge on any atom is 0.225 e. The molecule has 0 aliphatic carbocycles. The van der Waals surface area contributed by atoms with E-state index in [0.717, 1.165) is 43.6 Å². The third kappa shape index (κ3) is 4.99. The first-order chi connectivity index (χ1) is 13.8. The van der Waals surface area contributed by atoms with Crippen LogP contribution >= 0.6 is 12.0 Å². The molecule has 1 saturated heterocycles. The Hall–Kier alpha value is -2.64. The van der Waals surface area contributed by atoms with Gasteiger partial charge < -0.3 is 9.08 Å². The topological polar surface area (TPSA) is 54.4 Å². The minimum absolute atomic E-state index is 0.657. The number of rotatable bonds is 6. The van der Waals surface area contributed by atoms with Crippen LogP contribution in [0.25, 0.3) is 0 Å². The Morgan fingerprint density at radius 2 is 1.71 bits per heavy atom. The molecule has 3 heterocycles. The van der Waals surface area contributed by atoms with Gasteiger partial charge in [0.05, 0.1) is 24.4 Å². The molecule has 1 aliphatic heterocycles. The van der Waals surface area contributed by atoms with Crippen molar-refractivity contribution in [3.05, 3.63) is 72.3 Å². The van der Waals surface area contributed by atoms with E-state index in [1.54, 1.807) is 12.4 Å². The summed E-state index contributed by atoms with van der Waals surface area (Å²) < 4.78 is 5.72. The fraction of sp³-hybridized carbons (Fsp3) is 0.286. The average molecular weight is 394 g/mol. The highest BCUT2D eigenvalue weighted by atomic mass is 32.2. The molecule has 0 bridgehead atoms. The van der Waals surface area contributed by atoms with Crippen molar-refractivity contribution in [3.63, 3.8) is 0 Å². The van der Waals surface area contributed by atoms with Gasteiger partial charge in [-0.15, -0.1) is 0 Å². The normalized spacial score (nSPS) is 14.8. The van der Waals surface area contributed by atoms with Crippen LogP contribution in [0.2, 0.25) is 0 Å². The second kappa shape index (κ2) is 9.03. The van der Waals surface area contributed by atoms with Crippen molar-refractivity contribution in [2.24, 2.45) is 0 Å². The molecule has 0 amide bonds. The van der Waals surface area contributed by atoms with E-state index < -0.39 is 0 Å². The summed E-state index contributed by atoms with van der Waals surface area (Å²) in [6.07, 6.45) is 7.23. The lowest BCUT2D eigenvalue weighted by Gasteiger charge is -2.34. The van der Waals surface area contributed by atoms with Gasteiger partial charge in [0.2, 0.25) is 5.95 Å². The zero-order valence-electron chi connectivity index (χ0n) is 15.9. The molecule has 0 atom stereocenters. The van der Waals surface area contributed by atoms with E-state index in [0.29, 0.717) is 5.75 Å². The van der Waals surface area contributed by atoms with Crippen LogP contribution in [-0.4, -0.2) is 46.0 Å². The van der Waals surface area contributed by atoms with E-state index in [4.69, 9.17) is 4.18 Å². The van der Waals surface area contributed by atoms with Crippen LogP contribution in [0, 0.1) is 6.92 Å². The van der Waals surface area contributed by atoms with Gasteiger partial charge in [0.25, 0.3) is 0 Å². The van der Waals surface area contributed by atoms with E-state index in [2.05, 4.69) is 49.9 Å². The Labute approximate surface area is 169 Å². The monoisotopic (exact) mass is 393 g/mol. The Bertz CT molecular complexity index is 866. The Morgan fingerprint density at radius 1 is 0.964 bits per heavy atom. The van der Waals surface area contributed by atoms with Crippen molar-refractivity contribution in [1.29, 1.82) is 0 Å². The summed E-state index contributed by atoms with van der Waals surface area (Å²) in [6, 6.07) is 12.3. The largest absolute Gasteiger partial charge is 0.417 e. The van der Waals surface area contributed by atoms with E-state index >= 15 is 0 Å². The quantitative estimate of drug-likeness (QED) is 0.593. The molecule has 0 N–H and O–H groups in total. The number of aryl methyl sites for hydroxylation is 1. The summed E-state index contributed by atoms with van der Waals surface area (Å²) in [5.41, 5.74) is 2.48. The molecular formula is C21H23N5OS. The molecular weight excluding hydrogens is 370 g/mol. The predicted octanol–water partition coefficient (Wildman–Crippen LogP) is 3.59. The number of hydrogen-bond donors (Lipinski definition) is 0. The van der Waals surface area contributed by atoms with Crippen molar-refractivity contribution >= 4 is 18.0 Å². The van der Waals surface area contributed by atoms with E-state index in [1.807, 2.05) is 30.6 Å². The number of benzene rings is 1. The van der Waals surface area contributed by atoms with Gasteiger partial charge in [-0.25, -0.2) is 9.97 Å². The molecule has 2 aromatic heterocycles. The Morgan fingerprint density at radius 3 is 2.39 bits per heavy atom. The van der Waals surface area contributed by atoms with Crippen LogP contribution in [0.3, 0.4) is 0 Å². The zero-order chi connectivity index (χ0) is 19.2. The number of anilines is 1. The molecule has 6 nitrogen and oxygen atoms in total. The van der Waals surface area contributed by atoms with Gasteiger partial charge in [0.1, 0.15) is 0 Å². The summed E-state index contributed by atoms with van der Waals surface area (Å²) in [5, 5.41) is 0. The zero-order valence-corrected chi connectivity index (χ0v) is 16.7. The summed E-state index contributed by atoms with van der Waals surface area (Å²) in [5.74, 6) is 1.42. The van der Waals surface area contributed by atoms with Crippen LogP contribution in [0.4, 0.5) is 5.95 Å². The molecule has 144 valence electrons. The van der Waals surface area contributed by atoms with Crippen molar-refractivity contribution in [1.82, 2.24) is 19.9 Å². The second-order valence-electron chi connectivity index (χ2n) is 6.82. The smallest absolute Gasteiger partial charge is 0.225 e. The highest BCUT2D eigenvalue weighted by Gasteiger charge is 2.19. The first kappa shape index (κ1) is 18.7.